The average molecular weight is 526 g/mol. The summed E-state index contributed by atoms with van der Waals surface area (Å²) in [4.78, 5) is 21.0. The molecule has 0 spiro atoms. The monoisotopic (exact) mass is 525 g/mol. The molecule has 0 unspecified atom stereocenters. The third-order valence-corrected chi connectivity index (χ3v) is 6.49. The van der Waals surface area contributed by atoms with E-state index in [1.807, 2.05) is 31.2 Å². The first-order valence-electron chi connectivity index (χ1n) is 13.0. The first-order valence-corrected chi connectivity index (χ1v) is 13.0. The largest absolute Gasteiger partial charge is 0.381 e. The zero-order valence-electron chi connectivity index (χ0n) is 21.6. The van der Waals surface area contributed by atoms with E-state index < -0.39 is 11.7 Å². The van der Waals surface area contributed by atoms with Crippen molar-refractivity contribution < 1.29 is 18.7 Å². The summed E-state index contributed by atoms with van der Waals surface area (Å²) in [5.41, 5.74) is 13.9. The highest BCUT2D eigenvalue weighted by Gasteiger charge is 2.24. The minimum atomic E-state index is -0.788. The third-order valence-electron chi connectivity index (χ3n) is 6.49. The van der Waals surface area contributed by atoms with Crippen molar-refractivity contribution in [3.8, 4) is 0 Å². The molecule has 2 atom stereocenters. The lowest BCUT2D eigenvalue weighted by molar-refractivity contribution is 0.0570. The lowest BCUT2D eigenvalue weighted by Gasteiger charge is -2.30. The first kappa shape index (κ1) is 27.5. The molecule has 1 saturated carbocycles. The van der Waals surface area contributed by atoms with Gasteiger partial charge in [-0.25, -0.2) is 9.37 Å². The van der Waals surface area contributed by atoms with Gasteiger partial charge in [0.05, 0.1) is 48.5 Å². The molecule has 1 aliphatic carbocycles. The van der Waals surface area contributed by atoms with Crippen LogP contribution in [-0.4, -0.2) is 60.9 Å². The summed E-state index contributed by atoms with van der Waals surface area (Å²) in [5.74, 6) is -1.27. The van der Waals surface area contributed by atoms with Gasteiger partial charge in [0, 0.05) is 30.6 Å². The second-order valence-electron chi connectivity index (χ2n) is 9.24. The number of aromatic nitrogens is 2. The van der Waals surface area contributed by atoms with Crippen LogP contribution in [-0.2, 0) is 9.47 Å². The number of primary amides is 1. The average Bonchev–Trinajstić information content (AvgIpc) is 2.91. The maximum Gasteiger partial charge on any atom is 0.252 e. The first-order chi connectivity index (χ1) is 18.5. The fraction of sp³-hybridized carbons (Fsp3) is 0.444. The Morgan fingerprint density at radius 1 is 1.13 bits per heavy atom. The molecule has 7 N–H and O–H groups in total. The number of anilines is 4. The molecule has 204 valence electrons. The van der Waals surface area contributed by atoms with Gasteiger partial charge in [0.15, 0.2) is 11.6 Å². The molecule has 1 fully saturated rings. The van der Waals surface area contributed by atoms with Crippen molar-refractivity contribution in [2.24, 2.45) is 11.5 Å². The van der Waals surface area contributed by atoms with Crippen LogP contribution >= 0.6 is 0 Å². The van der Waals surface area contributed by atoms with Crippen molar-refractivity contribution in [3.05, 3.63) is 47.9 Å². The molecule has 1 aliphatic rings. The van der Waals surface area contributed by atoms with Crippen LogP contribution in [0.5, 0.6) is 0 Å². The highest BCUT2D eigenvalue weighted by atomic mass is 19.1. The van der Waals surface area contributed by atoms with Crippen LogP contribution in [0.15, 0.2) is 36.5 Å². The molecule has 2 heterocycles. The lowest BCUT2D eigenvalue weighted by atomic mass is 9.91. The van der Waals surface area contributed by atoms with Crippen LogP contribution < -0.4 is 27.4 Å². The molecule has 0 saturated heterocycles. The zero-order valence-corrected chi connectivity index (χ0v) is 21.6. The Morgan fingerprint density at radius 2 is 1.95 bits per heavy atom. The second kappa shape index (κ2) is 13.3. The predicted octanol–water partition coefficient (Wildman–Crippen LogP) is 3.76. The molecule has 1 aromatic carbocycles. The van der Waals surface area contributed by atoms with Gasteiger partial charge in [-0.05, 0) is 38.0 Å². The maximum atomic E-state index is 14.8. The van der Waals surface area contributed by atoms with E-state index >= 15 is 0 Å². The van der Waals surface area contributed by atoms with Crippen LogP contribution in [0.25, 0.3) is 10.9 Å². The number of fused-ring (bicyclic) bond motifs is 1. The highest BCUT2D eigenvalue weighted by molar-refractivity contribution is 5.99. The number of carbonyl (C=O) groups excluding carboxylic acids is 1. The zero-order chi connectivity index (χ0) is 26.9. The van der Waals surface area contributed by atoms with Gasteiger partial charge in [-0.1, -0.05) is 25.0 Å². The number of nitrogens with zero attached hydrogens (tertiary/aromatic N) is 2. The van der Waals surface area contributed by atoms with Crippen molar-refractivity contribution in [1.82, 2.24) is 9.97 Å². The quantitative estimate of drug-likeness (QED) is 0.210. The molecule has 2 aromatic heterocycles. The van der Waals surface area contributed by atoms with Gasteiger partial charge in [0.2, 0.25) is 0 Å². The normalized spacial score (nSPS) is 17.3. The van der Waals surface area contributed by atoms with Crippen LogP contribution in [0.4, 0.5) is 27.4 Å². The summed E-state index contributed by atoms with van der Waals surface area (Å²) in [6, 6.07) is 8.60. The van der Waals surface area contributed by atoms with Gasteiger partial charge in [0.1, 0.15) is 5.82 Å². The van der Waals surface area contributed by atoms with Gasteiger partial charge in [-0.2, -0.15) is 0 Å². The summed E-state index contributed by atoms with van der Waals surface area (Å²) >= 11 is 0. The number of rotatable bonds is 13. The number of nitrogens with two attached hydrogens (primary N) is 2. The minimum absolute atomic E-state index is 0.0311. The number of halogens is 1. The van der Waals surface area contributed by atoms with Crippen LogP contribution in [0.3, 0.4) is 0 Å². The van der Waals surface area contributed by atoms with Crippen LogP contribution in [0.1, 0.15) is 43.0 Å². The number of ether oxygens (including phenoxy) is 2. The van der Waals surface area contributed by atoms with E-state index in [1.165, 1.54) is 0 Å². The number of pyridine rings is 2. The van der Waals surface area contributed by atoms with Crippen molar-refractivity contribution in [1.29, 1.82) is 0 Å². The van der Waals surface area contributed by atoms with E-state index in [2.05, 4.69) is 25.9 Å². The Labute approximate surface area is 221 Å². The molecule has 1 amide bonds. The summed E-state index contributed by atoms with van der Waals surface area (Å²) in [5, 5.41) is 10.4. The molecule has 10 nitrogen and oxygen atoms in total. The van der Waals surface area contributed by atoms with E-state index in [0.29, 0.717) is 38.7 Å². The Bertz CT molecular complexity index is 1240. The molecular weight excluding hydrogens is 489 g/mol. The smallest absolute Gasteiger partial charge is 0.252 e. The third kappa shape index (κ3) is 7.06. The van der Waals surface area contributed by atoms with Crippen molar-refractivity contribution in [3.63, 3.8) is 0 Å². The van der Waals surface area contributed by atoms with E-state index in [9.17, 15) is 9.18 Å². The van der Waals surface area contributed by atoms with Crippen LogP contribution in [0, 0.1) is 5.82 Å². The molecule has 3 aromatic rings. The van der Waals surface area contributed by atoms with Gasteiger partial charge in [-0.15, -0.1) is 0 Å². The Morgan fingerprint density at radius 3 is 2.74 bits per heavy atom. The van der Waals surface area contributed by atoms with Gasteiger partial charge in [0.25, 0.3) is 5.91 Å². The highest BCUT2D eigenvalue weighted by Crippen LogP contribution is 2.29. The van der Waals surface area contributed by atoms with Crippen molar-refractivity contribution in [2.75, 3.05) is 48.9 Å². The Balaban J connectivity index is 1.49. The number of carbonyl (C=O) groups is 1. The van der Waals surface area contributed by atoms with Gasteiger partial charge >= 0.3 is 0 Å². The molecule has 38 heavy (non-hydrogen) atoms. The fourth-order valence-electron chi connectivity index (χ4n) is 4.52. The SMILES string of the molecule is CCOCCOCCNc1cccc2cc(Nc3nc(N[C@@H]4CCCC[C@@H]4N)c(F)cc3C(N)=O)cnc12. The molecule has 0 aliphatic heterocycles. The maximum absolute atomic E-state index is 14.8. The molecule has 4 rings (SSSR count). The number of amides is 1. The van der Waals surface area contributed by atoms with Gasteiger partial charge in [-0.3, -0.25) is 9.78 Å². The predicted molar refractivity (Wildman–Crippen MR) is 147 cm³/mol. The number of hydrogen-bond donors (Lipinski definition) is 5. The summed E-state index contributed by atoms with van der Waals surface area (Å²) < 4.78 is 25.7. The standard InChI is InChI=1S/C27H36FN7O3/c1-2-37-12-13-38-11-10-31-23-9-5-6-17-14-18(16-32-24(17)23)33-26-19(25(30)36)15-20(28)27(35-26)34-22-8-4-3-7-21(22)29/h5-6,9,14-16,21-22,31H,2-4,7-8,10-13,29H2,1H3,(H2,30,36)(H2,33,34,35)/t21-,22+/m0/s1. The minimum Gasteiger partial charge on any atom is -0.381 e. The van der Waals surface area contributed by atoms with Crippen LogP contribution in [0.2, 0.25) is 0 Å². The summed E-state index contributed by atoms with van der Waals surface area (Å²) in [6.45, 7) is 4.91. The van der Waals surface area contributed by atoms with Crippen molar-refractivity contribution >= 4 is 39.8 Å². The number of nitrogens with one attached hydrogen (secondary N) is 3. The number of hydrogen-bond acceptors (Lipinski definition) is 9. The lowest BCUT2D eigenvalue weighted by Crippen LogP contribution is -2.43. The summed E-state index contributed by atoms with van der Waals surface area (Å²) in [6.07, 6.45) is 5.39. The fourth-order valence-corrected chi connectivity index (χ4v) is 4.52. The summed E-state index contributed by atoms with van der Waals surface area (Å²) in [7, 11) is 0. The number of benzene rings is 1. The second-order valence-corrected chi connectivity index (χ2v) is 9.24. The van der Waals surface area contributed by atoms with Crippen molar-refractivity contribution in [2.45, 2.75) is 44.7 Å². The molecular formula is C27H36FN7O3. The van der Waals surface area contributed by atoms with Gasteiger partial charge < -0.3 is 36.9 Å². The van der Waals surface area contributed by atoms with E-state index in [1.54, 1.807) is 6.20 Å². The topological polar surface area (TPSA) is 149 Å². The number of para-hydroxylation sites is 1. The van der Waals surface area contributed by atoms with E-state index in [4.69, 9.17) is 20.9 Å². The molecule has 11 heteroatoms. The molecule has 0 radical (unpaired) electrons. The van der Waals surface area contributed by atoms with E-state index in [-0.39, 0.29) is 29.3 Å². The Kier molecular flexibility index (Phi) is 9.63. The van der Waals surface area contributed by atoms with E-state index in [0.717, 1.165) is 48.3 Å². The molecule has 0 bridgehead atoms. The Hall–Kier alpha value is -3.54.